The van der Waals surface area contributed by atoms with Crippen molar-refractivity contribution in [3.8, 4) is 0 Å². The molecule has 0 saturated heterocycles. The monoisotopic (exact) mass is 253 g/mol. The third kappa shape index (κ3) is 3.17. The summed E-state index contributed by atoms with van der Waals surface area (Å²) in [6.07, 6.45) is 0. The van der Waals surface area contributed by atoms with E-state index in [1.165, 1.54) is 12.1 Å². The van der Waals surface area contributed by atoms with E-state index in [1.54, 1.807) is 13.1 Å². The Kier molecular flexibility index (Phi) is 4.61. The Bertz CT molecular complexity index is 462. The summed E-state index contributed by atoms with van der Waals surface area (Å²) in [4.78, 5) is 22.8. The van der Waals surface area contributed by atoms with Gasteiger partial charge < -0.3 is 15.3 Å². The lowest BCUT2D eigenvalue weighted by Crippen LogP contribution is -2.27. The van der Waals surface area contributed by atoms with E-state index in [9.17, 15) is 14.9 Å². The Morgan fingerprint density at radius 1 is 1.56 bits per heavy atom. The number of carbonyl (C=O) groups is 1. The normalized spacial score (nSPS) is 10.1. The topological polar surface area (TPSA) is 95.7 Å². The molecule has 0 amide bonds. The van der Waals surface area contributed by atoms with Gasteiger partial charge in [-0.1, -0.05) is 0 Å². The van der Waals surface area contributed by atoms with E-state index in [1.807, 2.05) is 11.9 Å². The van der Waals surface area contributed by atoms with Crippen molar-refractivity contribution in [2.75, 3.05) is 32.1 Å². The van der Waals surface area contributed by atoms with Gasteiger partial charge in [-0.3, -0.25) is 10.1 Å². The van der Waals surface area contributed by atoms with Crippen LogP contribution in [0.2, 0.25) is 0 Å². The fourth-order valence-corrected chi connectivity index (χ4v) is 1.50. The predicted octanol–water partition coefficient (Wildman–Crippen LogP) is 0.949. The summed E-state index contributed by atoms with van der Waals surface area (Å²) in [5.41, 5.74) is -0.0796. The van der Waals surface area contributed by atoms with Crippen LogP contribution in [0.1, 0.15) is 10.4 Å². The average Bonchev–Trinajstić information content (AvgIpc) is 2.34. The molecule has 18 heavy (non-hydrogen) atoms. The number of likely N-dealkylation sites (N-methyl/N-ethyl adjacent to an activating group) is 2. The molecule has 0 atom stereocenters. The maximum absolute atomic E-state index is 10.9. The highest BCUT2D eigenvalue weighted by Gasteiger charge is 2.20. The van der Waals surface area contributed by atoms with Gasteiger partial charge in [0.1, 0.15) is 5.56 Å². The van der Waals surface area contributed by atoms with Crippen molar-refractivity contribution in [3.05, 3.63) is 33.9 Å². The molecule has 0 heterocycles. The number of carboxylic acids is 1. The van der Waals surface area contributed by atoms with Gasteiger partial charge in [0.05, 0.1) is 4.92 Å². The highest BCUT2D eigenvalue weighted by molar-refractivity contribution is 5.93. The standard InChI is InChI=1S/C11H15N3O4/c1-12-5-6-13(2)8-3-4-9(11(15)16)10(7-8)14(17)18/h3-4,7,12H,5-6H2,1-2H3,(H,15,16). The smallest absolute Gasteiger partial charge is 0.342 e. The van der Waals surface area contributed by atoms with Crippen molar-refractivity contribution in [1.29, 1.82) is 0 Å². The Morgan fingerprint density at radius 3 is 2.72 bits per heavy atom. The Labute approximate surface area is 104 Å². The van der Waals surface area contributed by atoms with Crippen molar-refractivity contribution in [3.63, 3.8) is 0 Å². The molecule has 0 bridgehead atoms. The lowest BCUT2D eigenvalue weighted by Gasteiger charge is -2.19. The van der Waals surface area contributed by atoms with Crippen LogP contribution in [0.4, 0.5) is 11.4 Å². The molecule has 2 N–H and O–H groups in total. The van der Waals surface area contributed by atoms with Crippen molar-refractivity contribution in [2.45, 2.75) is 0 Å². The van der Waals surface area contributed by atoms with Crippen LogP contribution in [0, 0.1) is 10.1 Å². The van der Waals surface area contributed by atoms with Crippen LogP contribution in [0.5, 0.6) is 0 Å². The number of hydrogen-bond acceptors (Lipinski definition) is 5. The molecule has 0 radical (unpaired) electrons. The number of nitrogens with zero attached hydrogens (tertiary/aromatic N) is 2. The molecule has 98 valence electrons. The van der Waals surface area contributed by atoms with Crippen LogP contribution in [0.15, 0.2) is 18.2 Å². The van der Waals surface area contributed by atoms with Gasteiger partial charge >= 0.3 is 5.97 Å². The molecule has 1 aromatic carbocycles. The van der Waals surface area contributed by atoms with Crippen LogP contribution < -0.4 is 10.2 Å². The summed E-state index contributed by atoms with van der Waals surface area (Å²) in [7, 11) is 3.60. The molecular formula is C11H15N3O4. The molecule has 0 unspecified atom stereocenters. The number of nitro groups is 1. The van der Waals surface area contributed by atoms with E-state index in [4.69, 9.17) is 5.11 Å². The molecule has 0 saturated carbocycles. The highest BCUT2D eigenvalue weighted by atomic mass is 16.6. The first-order valence-corrected chi connectivity index (χ1v) is 5.35. The van der Waals surface area contributed by atoms with Crippen molar-refractivity contribution in [1.82, 2.24) is 5.32 Å². The molecular weight excluding hydrogens is 238 g/mol. The Morgan fingerprint density at radius 2 is 2.22 bits per heavy atom. The first kappa shape index (κ1) is 13.9. The van der Waals surface area contributed by atoms with Gasteiger partial charge in [0.25, 0.3) is 5.69 Å². The summed E-state index contributed by atoms with van der Waals surface area (Å²) >= 11 is 0. The van der Waals surface area contributed by atoms with E-state index >= 15 is 0 Å². The molecule has 0 fully saturated rings. The van der Waals surface area contributed by atoms with E-state index in [2.05, 4.69) is 5.32 Å². The van der Waals surface area contributed by atoms with Gasteiger partial charge in [-0.2, -0.15) is 0 Å². The second-order valence-electron chi connectivity index (χ2n) is 3.79. The minimum Gasteiger partial charge on any atom is -0.477 e. The fraction of sp³-hybridized carbons (Fsp3) is 0.364. The van der Waals surface area contributed by atoms with E-state index in [-0.39, 0.29) is 5.56 Å². The van der Waals surface area contributed by atoms with Gasteiger partial charge in [0.2, 0.25) is 0 Å². The quantitative estimate of drug-likeness (QED) is 0.579. The molecule has 0 aromatic heterocycles. The highest BCUT2D eigenvalue weighted by Crippen LogP contribution is 2.25. The molecule has 0 aliphatic heterocycles. The fourth-order valence-electron chi connectivity index (χ4n) is 1.50. The van der Waals surface area contributed by atoms with Gasteiger partial charge in [-0.05, 0) is 19.2 Å². The van der Waals surface area contributed by atoms with E-state index in [0.717, 1.165) is 6.54 Å². The van der Waals surface area contributed by atoms with Crippen molar-refractivity contribution in [2.24, 2.45) is 0 Å². The first-order chi connectivity index (χ1) is 8.47. The van der Waals surface area contributed by atoms with Crippen LogP contribution in [0.3, 0.4) is 0 Å². The summed E-state index contributed by atoms with van der Waals surface area (Å²) in [5.74, 6) is -1.30. The Hall–Kier alpha value is -2.15. The van der Waals surface area contributed by atoms with Crippen LogP contribution in [-0.2, 0) is 0 Å². The zero-order chi connectivity index (χ0) is 13.7. The third-order valence-electron chi connectivity index (χ3n) is 2.55. The minimum absolute atomic E-state index is 0.300. The Balaban J connectivity index is 3.07. The molecule has 0 aliphatic carbocycles. The molecule has 1 aromatic rings. The van der Waals surface area contributed by atoms with E-state index < -0.39 is 16.6 Å². The number of aromatic carboxylic acids is 1. The van der Waals surface area contributed by atoms with E-state index in [0.29, 0.717) is 12.2 Å². The minimum atomic E-state index is -1.30. The second kappa shape index (κ2) is 5.97. The first-order valence-electron chi connectivity index (χ1n) is 5.35. The third-order valence-corrected chi connectivity index (χ3v) is 2.55. The summed E-state index contributed by atoms with van der Waals surface area (Å²) < 4.78 is 0. The maximum atomic E-state index is 10.9. The molecule has 1 rings (SSSR count). The maximum Gasteiger partial charge on any atom is 0.342 e. The lowest BCUT2D eigenvalue weighted by molar-refractivity contribution is -0.385. The summed E-state index contributed by atoms with van der Waals surface area (Å²) in [6, 6.07) is 4.09. The molecule has 7 nitrogen and oxygen atoms in total. The van der Waals surface area contributed by atoms with Crippen LogP contribution >= 0.6 is 0 Å². The lowest BCUT2D eigenvalue weighted by atomic mass is 10.1. The largest absolute Gasteiger partial charge is 0.477 e. The second-order valence-corrected chi connectivity index (χ2v) is 3.79. The van der Waals surface area contributed by atoms with Gasteiger partial charge in [0, 0.05) is 31.9 Å². The zero-order valence-electron chi connectivity index (χ0n) is 10.2. The number of nitrogens with one attached hydrogen (secondary N) is 1. The van der Waals surface area contributed by atoms with Crippen LogP contribution in [0.25, 0.3) is 0 Å². The van der Waals surface area contributed by atoms with Gasteiger partial charge in [0.15, 0.2) is 0 Å². The number of hydrogen-bond donors (Lipinski definition) is 2. The number of benzene rings is 1. The number of rotatable bonds is 6. The summed E-state index contributed by atoms with van der Waals surface area (Å²) in [5, 5.41) is 22.6. The zero-order valence-corrected chi connectivity index (χ0v) is 10.2. The van der Waals surface area contributed by atoms with Gasteiger partial charge in [-0.15, -0.1) is 0 Å². The molecule has 0 aliphatic rings. The number of nitro benzene ring substituents is 1. The van der Waals surface area contributed by atoms with Crippen molar-refractivity contribution >= 4 is 17.3 Å². The number of carboxylic acid groups (broad SMARTS) is 1. The number of anilines is 1. The molecule has 7 heteroatoms. The molecule has 0 spiro atoms. The van der Waals surface area contributed by atoms with Gasteiger partial charge in [-0.25, -0.2) is 4.79 Å². The van der Waals surface area contributed by atoms with Crippen LogP contribution in [-0.4, -0.2) is 43.2 Å². The summed E-state index contributed by atoms with van der Waals surface area (Å²) in [6.45, 7) is 1.39. The SMILES string of the molecule is CNCCN(C)c1ccc(C(=O)O)c([N+](=O)[O-])c1. The van der Waals surface area contributed by atoms with Crippen molar-refractivity contribution < 1.29 is 14.8 Å². The average molecular weight is 253 g/mol. The predicted molar refractivity (Wildman–Crippen MR) is 67.3 cm³/mol.